The van der Waals surface area contributed by atoms with Crippen molar-refractivity contribution < 1.29 is 4.39 Å². The molecule has 0 bridgehead atoms. The van der Waals surface area contributed by atoms with Gasteiger partial charge < -0.3 is 4.98 Å². The van der Waals surface area contributed by atoms with E-state index in [0.29, 0.717) is 15.7 Å². The van der Waals surface area contributed by atoms with Gasteiger partial charge in [0.05, 0.1) is 5.69 Å². The molecule has 0 atom stereocenters. The molecule has 2 nitrogen and oxygen atoms in total. The highest BCUT2D eigenvalue weighted by Gasteiger charge is 2.06. The van der Waals surface area contributed by atoms with Crippen molar-refractivity contribution in [2.75, 3.05) is 0 Å². The minimum Gasteiger partial charge on any atom is -0.312 e. The number of H-pyrrole nitrogens is 1. The Hall–Kier alpha value is -0.940. The Labute approximate surface area is 91.5 Å². The van der Waals surface area contributed by atoms with Crippen LogP contribution >= 0.6 is 27.3 Å². The van der Waals surface area contributed by atoms with Crippen molar-refractivity contribution in [3.8, 4) is 11.3 Å². The lowest BCUT2D eigenvalue weighted by atomic mass is 10.2. The molecule has 1 aromatic heterocycles. The van der Waals surface area contributed by atoms with E-state index < -0.39 is 0 Å². The molecular weight excluding hydrogens is 269 g/mol. The molecule has 72 valence electrons. The summed E-state index contributed by atoms with van der Waals surface area (Å²) in [7, 11) is 0. The van der Waals surface area contributed by atoms with E-state index in [1.165, 1.54) is 6.07 Å². The number of benzene rings is 1. The maximum absolute atomic E-state index is 13.4. The number of hydrogen-bond donors (Lipinski definition) is 1. The average Bonchev–Trinajstić information content (AvgIpc) is 2.51. The molecule has 1 heterocycles. The van der Waals surface area contributed by atoms with Crippen molar-refractivity contribution in [3.05, 3.63) is 43.5 Å². The Morgan fingerprint density at radius 2 is 2.21 bits per heavy atom. The lowest BCUT2D eigenvalue weighted by molar-refractivity contribution is 0.630. The lowest BCUT2D eigenvalue weighted by Gasteiger charge is -1.99. The van der Waals surface area contributed by atoms with Crippen LogP contribution in [0.1, 0.15) is 0 Å². The van der Waals surface area contributed by atoms with Gasteiger partial charge in [-0.1, -0.05) is 27.3 Å². The molecule has 1 N–H and O–H groups in total. The van der Waals surface area contributed by atoms with E-state index >= 15 is 0 Å². The minimum absolute atomic E-state index is 0.178. The van der Waals surface area contributed by atoms with E-state index in [2.05, 4.69) is 20.9 Å². The fourth-order valence-corrected chi connectivity index (χ4v) is 2.03. The summed E-state index contributed by atoms with van der Waals surface area (Å²) >= 11 is 4.19. The number of thiazole rings is 1. The van der Waals surface area contributed by atoms with Gasteiger partial charge in [-0.3, -0.25) is 4.79 Å². The summed E-state index contributed by atoms with van der Waals surface area (Å²) in [5.74, 6) is -0.353. The molecule has 0 spiro atoms. The Bertz CT molecular complexity index is 520. The van der Waals surface area contributed by atoms with Crippen molar-refractivity contribution in [3.63, 3.8) is 0 Å². The largest absolute Gasteiger partial charge is 0.312 e. The van der Waals surface area contributed by atoms with Gasteiger partial charge >= 0.3 is 4.87 Å². The van der Waals surface area contributed by atoms with E-state index in [-0.39, 0.29) is 10.7 Å². The molecule has 0 radical (unpaired) electrons. The van der Waals surface area contributed by atoms with Gasteiger partial charge in [0.1, 0.15) is 5.82 Å². The van der Waals surface area contributed by atoms with E-state index in [1.807, 2.05) is 0 Å². The fraction of sp³-hybridized carbons (Fsp3) is 0. The number of aromatic nitrogens is 1. The lowest BCUT2D eigenvalue weighted by Crippen LogP contribution is -1.93. The molecule has 0 fully saturated rings. The molecule has 0 amide bonds. The van der Waals surface area contributed by atoms with Gasteiger partial charge in [-0.15, -0.1) is 0 Å². The Kier molecular flexibility index (Phi) is 2.52. The highest BCUT2D eigenvalue weighted by molar-refractivity contribution is 9.10. The van der Waals surface area contributed by atoms with Gasteiger partial charge in [-0.05, 0) is 18.2 Å². The number of hydrogen-bond acceptors (Lipinski definition) is 2. The normalized spacial score (nSPS) is 10.4. The van der Waals surface area contributed by atoms with E-state index in [0.717, 1.165) is 11.3 Å². The van der Waals surface area contributed by atoms with Crippen LogP contribution in [0.4, 0.5) is 4.39 Å². The maximum atomic E-state index is 13.4. The fourth-order valence-electron chi connectivity index (χ4n) is 1.12. The van der Waals surface area contributed by atoms with Gasteiger partial charge in [-0.25, -0.2) is 4.39 Å². The quantitative estimate of drug-likeness (QED) is 0.851. The van der Waals surface area contributed by atoms with Gasteiger partial charge in [0.2, 0.25) is 0 Å². The third-order valence-electron chi connectivity index (χ3n) is 1.74. The van der Waals surface area contributed by atoms with Crippen LogP contribution in [-0.4, -0.2) is 4.98 Å². The van der Waals surface area contributed by atoms with Crippen molar-refractivity contribution in [2.45, 2.75) is 0 Å². The monoisotopic (exact) mass is 273 g/mol. The van der Waals surface area contributed by atoms with Crippen LogP contribution in [0.15, 0.2) is 32.8 Å². The topological polar surface area (TPSA) is 32.9 Å². The first kappa shape index (κ1) is 9.61. The summed E-state index contributed by atoms with van der Waals surface area (Å²) in [6, 6.07) is 4.72. The van der Waals surface area contributed by atoms with Crippen molar-refractivity contribution in [2.24, 2.45) is 0 Å². The SMILES string of the molecule is O=c1[nH]c(-c2ccc(Br)cc2F)cs1. The number of rotatable bonds is 1. The molecule has 2 rings (SSSR count). The summed E-state index contributed by atoms with van der Waals surface area (Å²) in [5, 5.41) is 1.61. The van der Waals surface area contributed by atoms with Crippen LogP contribution in [0, 0.1) is 5.82 Å². The molecule has 0 aliphatic heterocycles. The summed E-state index contributed by atoms with van der Waals surface area (Å²) < 4.78 is 14.1. The molecule has 14 heavy (non-hydrogen) atoms. The second-order valence-corrected chi connectivity index (χ2v) is 4.44. The van der Waals surface area contributed by atoms with Crippen LogP contribution < -0.4 is 4.87 Å². The first-order chi connectivity index (χ1) is 6.66. The van der Waals surface area contributed by atoms with Crippen molar-refractivity contribution in [1.82, 2.24) is 4.98 Å². The molecule has 1 aromatic carbocycles. The zero-order valence-electron chi connectivity index (χ0n) is 6.88. The highest BCUT2D eigenvalue weighted by atomic mass is 79.9. The van der Waals surface area contributed by atoms with Gasteiger partial charge in [0.15, 0.2) is 0 Å². The smallest absolute Gasteiger partial charge is 0.304 e. The molecule has 2 aromatic rings. The maximum Gasteiger partial charge on any atom is 0.304 e. The summed E-state index contributed by atoms with van der Waals surface area (Å²) in [6.07, 6.45) is 0. The molecule has 0 saturated carbocycles. The Morgan fingerprint density at radius 1 is 1.43 bits per heavy atom. The van der Waals surface area contributed by atoms with Crippen molar-refractivity contribution >= 4 is 27.3 Å². The van der Waals surface area contributed by atoms with E-state index in [9.17, 15) is 9.18 Å². The predicted molar refractivity (Wildman–Crippen MR) is 58.0 cm³/mol. The third-order valence-corrected chi connectivity index (χ3v) is 2.90. The zero-order valence-corrected chi connectivity index (χ0v) is 9.28. The summed E-state index contributed by atoms with van der Waals surface area (Å²) in [5.41, 5.74) is 0.927. The van der Waals surface area contributed by atoms with Crippen molar-refractivity contribution in [1.29, 1.82) is 0 Å². The highest BCUT2D eigenvalue weighted by Crippen LogP contribution is 2.23. The summed E-state index contributed by atoms with van der Waals surface area (Å²) in [6.45, 7) is 0. The van der Waals surface area contributed by atoms with Gasteiger partial charge in [0.25, 0.3) is 0 Å². The first-order valence-electron chi connectivity index (χ1n) is 3.80. The Balaban J connectivity index is 2.57. The van der Waals surface area contributed by atoms with Gasteiger partial charge in [0, 0.05) is 15.4 Å². The standard InChI is InChI=1S/C9H5BrFNOS/c10-5-1-2-6(7(11)3-5)8-4-14-9(13)12-8/h1-4H,(H,12,13). The predicted octanol–water partition coefficient (Wildman–Crippen LogP) is 3.01. The molecule has 0 aliphatic carbocycles. The van der Waals surface area contributed by atoms with E-state index in [1.54, 1.807) is 17.5 Å². The van der Waals surface area contributed by atoms with Crippen LogP contribution in [0.3, 0.4) is 0 Å². The minimum atomic E-state index is -0.353. The number of nitrogens with one attached hydrogen (secondary N) is 1. The third kappa shape index (κ3) is 1.78. The average molecular weight is 274 g/mol. The summed E-state index contributed by atoms with van der Waals surface area (Å²) in [4.78, 5) is 13.3. The Morgan fingerprint density at radius 3 is 2.79 bits per heavy atom. The molecule has 0 aliphatic rings. The second-order valence-electron chi connectivity index (χ2n) is 2.69. The molecule has 0 saturated heterocycles. The van der Waals surface area contributed by atoms with Crippen LogP contribution in [-0.2, 0) is 0 Å². The number of aromatic amines is 1. The van der Waals surface area contributed by atoms with Crippen LogP contribution in [0.2, 0.25) is 0 Å². The van der Waals surface area contributed by atoms with E-state index in [4.69, 9.17) is 0 Å². The van der Waals surface area contributed by atoms with Crippen LogP contribution in [0.25, 0.3) is 11.3 Å². The first-order valence-corrected chi connectivity index (χ1v) is 5.47. The number of halogens is 2. The molecule has 5 heteroatoms. The molecule has 0 unspecified atom stereocenters. The second kappa shape index (κ2) is 3.67. The van der Waals surface area contributed by atoms with Crippen LogP contribution in [0.5, 0.6) is 0 Å². The zero-order chi connectivity index (χ0) is 10.1. The molecular formula is C9H5BrFNOS. The van der Waals surface area contributed by atoms with Gasteiger partial charge in [-0.2, -0.15) is 0 Å².